The summed E-state index contributed by atoms with van der Waals surface area (Å²) < 4.78 is 31.5. The van der Waals surface area contributed by atoms with E-state index >= 15 is 0 Å². The molecule has 2 aromatic heterocycles. The maximum absolute atomic E-state index is 13.3. The summed E-state index contributed by atoms with van der Waals surface area (Å²) in [5.74, 6) is -0.450. The van der Waals surface area contributed by atoms with Crippen LogP contribution < -0.4 is 0 Å². The van der Waals surface area contributed by atoms with Crippen molar-refractivity contribution in [1.82, 2.24) is 40.0 Å². The Morgan fingerprint density at radius 2 is 1.74 bits per heavy atom. The molecule has 0 radical (unpaired) electrons. The number of amides is 2. The second-order valence-electron chi connectivity index (χ2n) is 11.5. The third kappa shape index (κ3) is 3.32. The first-order valence-corrected chi connectivity index (χ1v) is 12.1. The van der Waals surface area contributed by atoms with E-state index in [9.17, 15) is 13.6 Å². The van der Waals surface area contributed by atoms with Gasteiger partial charge in [0.05, 0.1) is 6.54 Å². The van der Waals surface area contributed by atoms with Crippen LogP contribution in [0.15, 0.2) is 4.52 Å². The summed E-state index contributed by atoms with van der Waals surface area (Å²) in [4.78, 5) is 27.4. The van der Waals surface area contributed by atoms with Gasteiger partial charge in [0.2, 0.25) is 11.7 Å². The monoisotopic (exact) mass is 474 g/mol. The minimum absolute atomic E-state index is 0.113. The maximum Gasteiger partial charge on any atom is 0.320 e. The molecule has 34 heavy (non-hydrogen) atoms. The molecule has 2 aromatic rings. The van der Waals surface area contributed by atoms with Crippen molar-refractivity contribution in [2.75, 3.05) is 39.3 Å². The molecule has 12 heteroatoms. The largest absolute Gasteiger partial charge is 0.338 e. The van der Waals surface area contributed by atoms with Gasteiger partial charge in [-0.05, 0) is 25.7 Å². The van der Waals surface area contributed by atoms with E-state index in [1.165, 1.54) is 12.8 Å². The molecule has 2 saturated carbocycles. The Balaban J connectivity index is 0.844. The zero-order valence-corrected chi connectivity index (χ0v) is 19.1. The summed E-state index contributed by atoms with van der Waals surface area (Å²) in [6.07, 6.45) is 4.57. The van der Waals surface area contributed by atoms with Crippen LogP contribution in [0.2, 0.25) is 0 Å². The van der Waals surface area contributed by atoms with Gasteiger partial charge >= 0.3 is 12.0 Å². The standard InChI is InChI=1S/C22H28F2N8O2/c1-20(23,24)18-25-15(34-29-18)6-30-7-22(8-30)11-32(12-22)19(33)31-9-21(10-31)4-14(5-21)17-26-16(27-28-17)13-2-3-13/h13-14H,2-12H2,1H3,(H,26,27,28). The number of aromatic nitrogens is 5. The number of likely N-dealkylation sites (tertiary alicyclic amines) is 3. The predicted molar refractivity (Wildman–Crippen MR) is 113 cm³/mol. The van der Waals surface area contributed by atoms with Gasteiger partial charge in [0.15, 0.2) is 5.82 Å². The molecule has 7 rings (SSSR count). The molecule has 10 nitrogen and oxygen atoms in total. The summed E-state index contributed by atoms with van der Waals surface area (Å²) in [5, 5.41) is 10.9. The van der Waals surface area contributed by atoms with Crippen LogP contribution in [0.1, 0.15) is 67.8 Å². The number of carbonyl (C=O) groups is 1. The van der Waals surface area contributed by atoms with Gasteiger partial charge in [0.1, 0.15) is 5.82 Å². The first-order chi connectivity index (χ1) is 16.2. The Hall–Kier alpha value is -2.63. The third-order valence-corrected chi connectivity index (χ3v) is 8.19. The fourth-order valence-corrected chi connectivity index (χ4v) is 6.34. The molecule has 1 N–H and O–H groups in total. The number of urea groups is 1. The van der Waals surface area contributed by atoms with E-state index in [1.54, 1.807) is 0 Å². The summed E-state index contributed by atoms with van der Waals surface area (Å²) >= 11 is 0. The van der Waals surface area contributed by atoms with Gasteiger partial charge < -0.3 is 14.3 Å². The third-order valence-electron chi connectivity index (χ3n) is 8.19. The van der Waals surface area contributed by atoms with Crippen molar-refractivity contribution in [3.05, 3.63) is 23.4 Å². The molecule has 5 heterocycles. The van der Waals surface area contributed by atoms with Crippen LogP contribution in [0, 0.1) is 10.8 Å². The van der Waals surface area contributed by atoms with Gasteiger partial charge in [-0.25, -0.2) is 9.78 Å². The van der Waals surface area contributed by atoms with Gasteiger partial charge in [-0.1, -0.05) is 5.16 Å². The lowest BCUT2D eigenvalue weighted by molar-refractivity contribution is -0.118. The SMILES string of the molecule is CC(F)(F)c1noc(CN2CC3(C2)CN(C(=O)N2CC4(CC(c5n[nH]c(C6CC6)n5)C4)C2)C3)n1. The van der Waals surface area contributed by atoms with Crippen molar-refractivity contribution in [1.29, 1.82) is 0 Å². The van der Waals surface area contributed by atoms with Crippen LogP contribution in [0.25, 0.3) is 0 Å². The smallest absolute Gasteiger partial charge is 0.320 e. The molecule has 3 saturated heterocycles. The van der Waals surface area contributed by atoms with E-state index in [0.717, 1.165) is 70.7 Å². The van der Waals surface area contributed by atoms with E-state index in [-0.39, 0.29) is 22.8 Å². The van der Waals surface area contributed by atoms with Crippen LogP contribution >= 0.6 is 0 Å². The number of alkyl halides is 2. The number of hydrogen-bond acceptors (Lipinski definition) is 7. The van der Waals surface area contributed by atoms with Crippen LogP contribution in [0.5, 0.6) is 0 Å². The first kappa shape index (κ1) is 20.7. The van der Waals surface area contributed by atoms with Gasteiger partial charge in [0, 0.05) is 68.9 Å². The van der Waals surface area contributed by atoms with Crippen molar-refractivity contribution in [3.63, 3.8) is 0 Å². The second-order valence-corrected chi connectivity index (χ2v) is 11.5. The Morgan fingerprint density at radius 1 is 1.06 bits per heavy atom. The van der Waals surface area contributed by atoms with E-state index in [0.29, 0.717) is 18.4 Å². The van der Waals surface area contributed by atoms with Gasteiger partial charge in [0.25, 0.3) is 0 Å². The molecule has 2 amide bonds. The minimum Gasteiger partial charge on any atom is -0.338 e. The van der Waals surface area contributed by atoms with E-state index < -0.39 is 11.7 Å². The fraction of sp³-hybridized carbons (Fsp3) is 0.773. The number of nitrogens with zero attached hydrogens (tertiary/aromatic N) is 7. The topological polar surface area (TPSA) is 107 Å². The Bertz CT molecular complexity index is 1110. The van der Waals surface area contributed by atoms with Gasteiger partial charge in [-0.3, -0.25) is 10.00 Å². The van der Waals surface area contributed by atoms with E-state index in [4.69, 9.17) is 9.51 Å². The number of aromatic amines is 1. The predicted octanol–water partition coefficient (Wildman–Crippen LogP) is 2.29. The van der Waals surface area contributed by atoms with E-state index in [2.05, 4.69) is 25.2 Å². The number of H-pyrrole nitrogens is 1. The zero-order chi connectivity index (χ0) is 23.3. The average Bonchev–Trinajstić information content (AvgIpc) is 3.19. The summed E-state index contributed by atoms with van der Waals surface area (Å²) in [6, 6.07) is 0.138. The number of nitrogens with one attached hydrogen (secondary N) is 1. The molecule has 2 aliphatic carbocycles. The molecule has 5 aliphatic rings. The lowest BCUT2D eigenvalue weighted by Gasteiger charge is -2.63. The molecule has 0 atom stereocenters. The quantitative estimate of drug-likeness (QED) is 0.709. The Morgan fingerprint density at radius 3 is 2.35 bits per heavy atom. The average molecular weight is 475 g/mol. The number of rotatable bonds is 5. The van der Waals surface area contributed by atoms with Crippen LogP contribution in [-0.2, 0) is 12.5 Å². The fourth-order valence-electron chi connectivity index (χ4n) is 6.34. The summed E-state index contributed by atoms with van der Waals surface area (Å²) in [5.41, 5.74) is 0.372. The molecule has 0 bridgehead atoms. The second kappa shape index (κ2) is 6.73. The summed E-state index contributed by atoms with van der Waals surface area (Å²) in [6.45, 7) is 5.89. The molecule has 5 fully saturated rings. The van der Waals surface area contributed by atoms with Crippen LogP contribution in [0.4, 0.5) is 13.6 Å². The molecular weight excluding hydrogens is 446 g/mol. The highest BCUT2D eigenvalue weighted by Gasteiger charge is 2.58. The number of hydrogen-bond donors (Lipinski definition) is 1. The molecule has 3 aliphatic heterocycles. The molecule has 2 spiro atoms. The Kier molecular flexibility index (Phi) is 4.10. The van der Waals surface area contributed by atoms with Crippen molar-refractivity contribution in [3.8, 4) is 0 Å². The van der Waals surface area contributed by atoms with E-state index in [1.807, 2.05) is 9.80 Å². The van der Waals surface area contributed by atoms with Crippen LogP contribution in [-0.4, -0.2) is 85.3 Å². The lowest BCUT2D eigenvalue weighted by Crippen LogP contribution is -2.75. The van der Waals surface area contributed by atoms with Crippen molar-refractivity contribution < 1.29 is 18.1 Å². The van der Waals surface area contributed by atoms with Crippen molar-refractivity contribution in [2.45, 2.75) is 56.9 Å². The van der Waals surface area contributed by atoms with Crippen molar-refractivity contribution in [2.24, 2.45) is 10.8 Å². The molecule has 0 aromatic carbocycles. The van der Waals surface area contributed by atoms with Crippen molar-refractivity contribution >= 4 is 6.03 Å². The summed E-state index contributed by atoms with van der Waals surface area (Å²) in [7, 11) is 0. The Labute approximate surface area is 195 Å². The van der Waals surface area contributed by atoms with Gasteiger partial charge in [-0.2, -0.15) is 18.9 Å². The molecule has 182 valence electrons. The lowest BCUT2D eigenvalue weighted by atomic mass is 9.57. The zero-order valence-electron chi connectivity index (χ0n) is 19.1. The minimum atomic E-state index is -3.10. The normalized spacial score (nSPS) is 25.7. The highest BCUT2D eigenvalue weighted by molar-refractivity contribution is 5.77. The van der Waals surface area contributed by atoms with Gasteiger partial charge in [-0.15, -0.1) is 0 Å². The highest BCUT2D eigenvalue weighted by Crippen LogP contribution is 2.56. The highest BCUT2D eigenvalue weighted by atomic mass is 19.3. The molecular formula is C22H28F2N8O2. The molecule has 0 unspecified atom stereocenters. The maximum atomic E-state index is 13.3. The first-order valence-electron chi connectivity index (χ1n) is 12.1. The number of halogens is 2. The van der Waals surface area contributed by atoms with Crippen LogP contribution in [0.3, 0.4) is 0 Å². The number of carbonyl (C=O) groups excluding carboxylic acids is 1.